The van der Waals surface area contributed by atoms with Crippen LogP contribution in [0, 0.1) is 0 Å². The summed E-state index contributed by atoms with van der Waals surface area (Å²) in [7, 11) is 2.30. The standard InChI is InChI=1S/C15H31N3O/c1-3-18-9-5-14(6-10-18)17(2)15(13-16)7-4-11-19-12-8-15/h14H,3-13,16H2,1-2H3. The van der Waals surface area contributed by atoms with E-state index in [1.165, 1.54) is 38.9 Å². The predicted octanol–water partition coefficient (Wildman–Crippen LogP) is 1.30. The van der Waals surface area contributed by atoms with Crippen molar-refractivity contribution in [3.8, 4) is 0 Å². The van der Waals surface area contributed by atoms with E-state index in [4.69, 9.17) is 10.5 Å². The van der Waals surface area contributed by atoms with Gasteiger partial charge < -0.3 is 15.4 Å². The van der Waals surface area contributed by atoms with Gasteiger partial charge in [0.2, 0.25) is 0 Å². The lowest BCUT2D eigenvalue weighted by Crippen LogP contribution is -2.58. The molecule has 19 heavy (non-hydrogen) atoms. The van der Waals surface area contributed by atoms with Crippen molar-refractivity contribution < 1.29 is 4.74 Å². The van der Waals surface area contributed by atoms with Crippen molar-refractivity contribution in [2.75, 3.05) is 46.4 Å². The van der Waals surface area contributed by atoms with Crippen LogP contribution >= 0.6 is 0 Å². The summed E-state index contributed by atoms with van der Waals surface area (Å²) in [5.41, 5.74) is 6.34. The van der Waals surface area contributed by atoms with Gasteiger partial charge in [0.1, 0.15) is 0 Å². The molecule has 4 heteroatoms. The van der Waals surface area contributed by atoms with E-state index in [0.717, 1.165) is 32.6 Å². The average molecular weight is 269 g/mol. The second kappa shape index (κ2) is 7.02. The molecule has 0 bridgehead atoms. The number of nitrogens with two attached hydrogens (primary N) is 1. The smallest absolute Gasteiger partial charge is 0.0484 e. The van der Waals surface area contributed by atoms with Crippen LogP contribution in [0.3, 0.4) is 0 Å². The summed E-state index contributed by atoms with van der Waals surface area (Å²) in [5, 5.41) is 0. The summed E-state index contributed by atoms with van der Waals surface area (Å²) in [5.74, 6) is 0. The molecule has 0 saturated carbocycles. The van der Waals surface area contributed by atoms with Gasteiger partial charge in [-0.3, -0.25) is 4.90 Å². The number of hydrogen-bond acceptors (Lipinski definition) is 4. The molecular weight excluding hydrogens is 238 g/mol. The third kappa shape index (κ3) is 3.48. The highest BCUT2D eigenvalue weighted by Crippen LogP contribution is 2.31. The summed E-state index contributed by atoms with van der Waals surface area (Å²) < 4.78 is 5.63. The van der Waals surface area contributed by atoms with Gasteiger partial charge >= 0.3 is 0 Å². The van der Waals surface area contributed by atoms with E-state index in [1.807, 2.05) is 0 Å². The van der Waals surface area contributed by atoms with Crippen LogP contribution in [0.4, 0.5) is 0 Å². The van der Waals surface area contributed by atoms with E-state index in [2.05, 4.69) is 23.8 Å². The lowest BCUT2D eigenvalue weighted by Gasteiger charge is -2.47. The fourth-order valence-electron chi connectivity index (χ4n) is 3.70. The minimum atomic E-state index is 0.176. The number of rotatable bonds is 4. The fourth-order valence-corrected chi connectivity index (χ4v) is 3.70. The number of piperidine rings is 1. The molecule has 1 unspecified atom stereocenters. The maximum absolute atomic E-state index is 6.16. The molecule has 0 aromatic heterocycles. The Morgan fingerprint density at radius 3 is 2.63 bits per heavy atom. The van der Waals surface area contributed by atoms with Crippen LogP contribution in [0.25, 0.3) is 0 Å². The van der Waals surface area contributed by atoms with Crippen molar-refractivity contribution in [1.82, 2.24) is 9.80 Å². The Labute approximate surface area is 118 Å². The van der Waals surface area contributed by atoms with Crippen LogP contribution in [0.2, 0.25) is 0 Å². The molecule has 2 rings (SSSR count). The van der Waals surface area contributed by atoms with Gasteiger partial charge in [-0.2, -0.15) is 0 Å². The Bertz CT molecular complexity index is 256. The zero-order chi connectivity index (χ0) is 13.7. The number of nitrogens with zero attached hydrogens (tertiary/aromatic N) is 2. The first-order valence-corrected chi connectivity index (χ1v) is 7.95. The summed E-state index contributed by atoms with van der Waals surface area (Å²) in [6.45, 7) is 8.46. The van der Waals surface area contributed by atoms with Crippen LogP contribution < -0.4 is 5.73 Å². The molecule has 112 valence electrons. The maximum Gasteiger partial charge on any atom is 0.0484 e. The second-order valence-corrected chi connectivity index (χ2v) is 6.17. The second-order valence-electron chi connectivity index (χ2n) is 6.17. The van der Waals surface area contributed by atoms with E-state index in [-0.39, 0.29) is 5.54 Å². The van der Waals surface area contributed by atoms with Gasteiger partial charge in [-0.1, -0.05) is 6.92 Å². The van der Waals surface area contributed by atoms with Crippen LogP contribution in [0.1, 0.15) is 39.0 Å². The molecule has 0 spiro atoms. The predicted molar refractivity (Wildman–Crippen MR) is 79.4 cm³/mol. The average Bonchev–Trinajstić information content (AvgIpc) is 2.73. The van der Waals surface area contributed by atoms with Crippen molar-refractivity contribution in [3.63, 3.8) is 0 Å². The lowest BCUT2D eigenvalue weighted by atomic mass is 9.86. The first-order valence-electron chi connectivity index (χ1n) is 7.95. The highest BCUT2D eigenvalue weighted by atomic mass is 16.5. The SMILES string of the molecule is CCN1CCC(N(C)C2(CN)CCCOCC2)CC1. The van der Waals surface area contributed by atoms with Crippen molar-refractivity contribution >= 4 is 0 Å². The molecule has 4 nitrogen and oxygen atoms in total. The summed E-state index contributed by atoms with van der Waals surface area (Å²) in [6.07, 6.45) is 6.00. The number of hydrogen-bond donors (Lipinski definition) is 1. The molecule has 2 aliphatic rings. The first-order chi connectivity index (χ1) is 9.22. The number of ether oxygens (including phenoxy) is 1. The minimum Gasteiger partial charge on any atom is -0.381 e. The summed E-state index contributed by atoms with van der Waals surface area (Å²) >= 11 is 0. The van der Waals surface area contributed by atoms with Crippen LogP contribution in [-0.4, -0.2) is 67.8 Å². The van der Waals surface area contributed by atoms with E-state index in [0.29, 0.717) is 6.04 Å². The molecule has 2 saturated heterocycles. The monoisotopic (exact) mass is 269 g/mol. The van der Waals surface area contributed by atoms with Crippen LogP contribution in [0.15, 0.2) is 0 Å². The van der Waals surface area contributed by atoms with Crippen molar-refractivity contribution in [2.24, 2.45) is 5.73 Å². The van der Waals surface area contributed by atoms with Crippen molar-refractivity contribution in [1.29, 1.82) is 0 Å². The molecule has 0 radical (unpaired) electrons. The molecule has 2 heterocycles. The van der Waals surface area contributed by atoms with E-state index >= 15 is 0 Å². The molecule has 2 N–H and O–H groups in total. The van der Waals surface area contributed by atoms with Gasteiger partial charge in [0.05, 0.1) is 0 Å². The molecular formula is C15H31N3O. The highest BCUT2D eigenvalue weighted by Gasteiger charge is 2.38. The topological polar surface area (TPSA) is 41.7 Å². The molecule has 0 aliphatic carbocycles. The normalized spacial score (nSPS) is 31.6. The lowest BCUT2D eigenvalue weighted by molar-refractivity contribution is 0.0252. The molecule has 2 aliphatic heterocycles. The quantitative estimate of drug-likeness (QED) is 0.835. The Balaban J connectivity index is 1.97. The molecule has 2 fully saturated rings. The van der Waals surface area contributed by atoms with Gasteiger partial charge in [0.15, 0.2) is 0 Å². The van der Waals surface area contributed by atoms with Crippen LogP contribution in [-0.2, 0) is 4.74 Å². The molecule has 1 atom stereocenters. The van der Waals surface area contributed by atoms with Crippen molar-refractivity contribution in [3.05, 3.63) is 0 Å². The Kier molecular flexibility index (Phi) is 5.63. The molecule has 0 aromatic rings. The van der Waals surface area contributed by atoms with Crippen molar-refractivity contribution in [2.45, 2.75) is 50.6 Å². The van der Waals surface area contributed by atoms with Gasteiger partial charge in [-0.05, 0) is 58.8 Å². The largest absolute Gasteiger partial charge is 0.381 e. The third-order valence-electron chi connectivity index (χ3n) is 5.32. The van der Waals surface area contributed by atoms with Crippen LogP contribution in [0.5, 0.6) is 0 Å². The third-order valence-corrected chi connectivity index (χ3v) is 5.32. The minimum absolute atomic E-state index is 0.176. The number of likely N-dealkylation sites (tertiary alicyclic amines) is 1. The van der Waals surface area contributed by atoms with Gasteiger partial charge in [0.25, 0.3) is 0 Å². The van der Waals surface area contributed by atoms with Gasteiger partial charge in [-0.15, -0.1) is 0 Å². The zero-order valence-corrected chi connectivity index (χ0v) is 12.7. The molecule has 0 amide bonds. The fraction of sp³-hybridized carbons (Fsp3) is 1.00. The Morgan fingerprint density at radius 2 is 2.00 bits per heavy atom. The summed E-state index contributed by atoms with van der Waals surface area (Å²) in [6, 6.07) is 0.699. The summed E-state index contributed by atoms with van der Waals surface area (Å²) in [4.78, 5) is 5.16. The zero-order valence-electron chi connectivity index (χ0n) is 12.7. The van der Waals surface area contributed by atoms with E-state index in [9.17, 15) is 0 Å². The highest BCUT2D eigenvalue weighted by molar-refractivity contribution is 4.95. The Hall–Kier alpha value is -0.160. The first kappa shape index (κ1) is 15.2. The van der Waals surface area contributed by atoms with Gasteiger partial charge in [0, 0.05) is 31.3 Å². The van der Waals surface area contributed by atoms with E-state index in [1.54, 1.807) is 0 Å². The number of likely N-dealkylation sites (N-methyl/N-ethyl adjacent to an activating group) is 1. The molecule has 0 aromatic carbocycles. The van der Waals surface area contributed by atoms with E-state index < -0.39 is 0 Å². The Morgan fingerprint density at radius 1 is 1.26 bits per heavy atom. The maximum atomic E-state index is 6.16. The van der Waals surface area contributed by atoms with Gasteiger partial charge in [-0.25, -0.2) is 0 Å².